The van der Waals surface area contributed by atoms with Crippen LogP contribution in [0.4, 0.5) is 0 Å². The van der Waals surface area contributed by atoms with Crippen LogP contribution < -0.4 is 4.72 Å². The Bertz CT molecular complexity index is 889. The minimum Gasteiger partial charge on any atom is -0.207 e. The molecule has 0 saturated carbocycles. The van der Waals surface area contributed by atoms with Crippen molar-refractivity contribution in [2.45, 2.75) is 17.9 Å². The fourth-order valence-electron chi connectivity index (χ4n) is 2.45. The Kier molecular flexibility index (Phi) is 3.96. The maximum Gasteiger partial charge on any atom is 0.241 e. The lowest BCUT2D eigenvalue weighted by molar-refractivity contribution is 0.567. The standard InChI is InChI=1S/C18H17NO2S/c1-14(15-7-3-2-4-8-15)19-22(20,21)18-12-11-16-9-5-6-10-17(16)13-18/h2-14,19H,1H3/t14-/m1/s1. The van der Waals surface area contributed by atoms with Crippen molar-refractivity contribution < 1.29 is 8.42 Å². The molecule has 0 spiro atoms. The largest absolute Gasteiger partial charge is 0.241 e. The van der Waals surface area contributed by atoms with E-state index in [0.717, 1.165) is 16.3 Å². The molecule has 1 N–H and O–H groups in total. The topological polar surface area (TPSA) is 46.2 Å². The van der Waals surface area contributed by atoms with Crippen LogP contribution in [0.3, 0.4) is 0 Å². The van der Waals surface area contributed by atoms with Crippen LogP contribution >= 0.6 is 0 Å². The molecule has 3 aromatic rings. The lowest BCUT2D eigenvalue weighted by Crippen LogP contribution is -2.26. The first-order valence-corrected chi connectivity index (χ1v) is 8.61. The van der Waals surface area contributed by atoms with Crippen molar-refractivity contribution in [3.05, 3.63) is 78.4 Å². The number of sulfonamides is 1. The fourth-order valence-corrected chi connectivity index (χ4v) is 3.71. The van der Waals surface area contributed by atoms with E-state index in [0.29, 0.717) is 0 Å². The predicted molar refractivity (Wildman–Crippen MR) is 89.1 cm³/mol. The van der Waals surface area contributed by atoms with Gasteiger partial charge in [0.25, 0.3) is 0 Å². The van der Waals surface area contributed by atoms with Crippen LogP contribution in [0.25, 0.3) is 10.8 Å². The zero-order chi connectivity index (χ0) is 15.6. The van der Waals surface area contributed by atoms with Gasteiger partial charge in [0.15, 0.2) is 0 Å². The SMILES string of the molecule is C[C@@H](NS(=O)(=O)c1ccc2ccccc2c1)c1ccccc1. The third-order valence-corrected chi connectivity index (χ3v) is 5.20. The molecule has 4 heteroatoms. The van der Waals surface area contributed by atoms with E-state index in [-0.39, 0.29) is 10.9 Å². The van der Waals surface area contributed by atoms with Gasteiger partial charge in [-0.25, -0.2) is 13.1 Å². The number of benzene rings is 3. The number of fused-ring (bicyclic) bond motifs is 1. The van der Waals surface area contributed by atoms with Gasteiger partial charge in [-0.1, -0.05) is 60.7 Å². The summed E-state index contributed by atoms with van der Waals surface area (Å²) in [5.41, 5.74) is 0.937. The van der Waals surface area contributed by atoms with Crippen LogP contribution in [0.5, 0.6) is 0 Å². The molecule has 0 bridgehead atoms. The first-order valence-electron chi connectivity index (χ1n) is 7.12. The first-order chi connectivity index (χ1) is 10.6. The molecule has 3 nitrogen and oxygen atoms in total. The summed E-state index contributed by atoms with van der Waals surface area (Å²) in [5, 5.41) is 1.94. The number of rotatable bonds is 4. The van der Waals surface area contributed by atoms with Crippen LogP contribution in [-0.2, 0) is 10.0 Å². The van der Waals surface area contributed by atoms with E-state index in [2.05, 4.69) is 4.72 Å². The molecule has 0 aliphatic heterocycles. The van der Waals surface area contributed by atoms with Crippen LogP contribution in [0.15, 0.2) is 77.7 Å². The summed E-state index contributed by atoms with van der Waals surface area (Å²) in [6, 6.07) is 22.1. The maximum absolute atomic E-state index is 12.5. The van der Waals surface area contributed by atoms with Gasteiger partial charge in [0.05, 0.1) is 4.90 Å². The predicted octanol–water partition coefficient (Wildman–Crippen LogP) is 3.88. The summed E-state index contributed by atoms with van der Waals surface area (Å²) < 4.78 is 27.8. The second-order valence-electron chi connectivity index (χ2n) is 5.26. The highest BCUT2D eigenvalue weighted by Crippen LogP contribution is 2.21. The van der Waals surface area contributed by atoms with Gasteiger partial charge in [-0.3, -0.25) is 0 Å². The Morgan fingerprint density at radius 3 is 2.18 bits per heavy atom. The van der Waals surface area contributed by atoms with Gasteiger partial charge in [0.1, 0.15) is 0 Å². The lowest BCUT2D eigenvalue weighted by atomic mass is 10.1. The summed E-state index contributed by atoms with van der Waals surface area (Å²) in [6.45, 7) is 1.84. The lowest BCUT2D eigenvalue weighted by Gasteiger charge is -2.15. The van der Waals surface area contributed by atoms with Crippen LogP contribution in [0, 0.1) is 0 Å². The van der Waals surface area contributed by atoms with E-state index < -0.39 is 10.0 Å². The van der Waals surface area contributed by atoms with Crippen molar-refractivity contribution in [2.24, 2.45) is 0 Å². The van der Waals surface area contributed by atoms with Crippen molar-refractivity contribution in [1.82, 2.24) is 4.72 Å². The van der Waals surface area contributed by atoms with Gasteiger partial charge in [-0.05, 0) is 35.4 Å². The van der Waals surface area contributed by atoms with Crippen LogP contribution in [0.1, 0.15) is 18.5 Å². The van der Waals surface area contributed by atoms with E-state index in [1.54, 1.807) is 12.1 Å². The number of nitrogens with one attached hydrogen (secondary N) is 1. The van der Waals surface area contributed by atoms with Crippen LogP contribution in [0.2, 0.25) is 0 Å². The minimum atomic E-state index is -3.55. The summed E-state index contributed by atoms with van der Waals surface area (Å²) in [6.07, 6.45) is 0. The van der Waals surface area contributed by atoms with E-state index in [9.17, 15) is 8.42 Å². The Labute approximate surface area is 130 Å². The van der Waals surface area contributed by atoms with Crippen molar-refractivity contribution in [3.63, 3.8) is 0 Å². The molecule has 0 heterocycles. The molecule has 0 aliphatic carbocycles. The van der Waals surface area contributed by atoms with Crippen molar-refractivity contribution >= 4 is 20.8 Å². The Morgan fingerprint density at radius 1 is 0.818 bits per heavy atom. The third kappa shape index (κ3) is 3.03. The van der Waals surface area contributed by atoms with E-state index >= 15 is 0 Å². The molecule has 1 atom stereocenters. The van der Waals surface area contributed by atoms with E-state index in [1.165, 1.54) is 0 Å². The molecule has 0 unspecified atom stereocenters. The Balaban J connectivity index is 1.91. The van der Waals surface area contributed by atoms with Gasteiger partial charge in [0, 0.05) is 6.04 Å². The Hall–Kier alpha value is -2.17. The third-order valence-electron chi connectivity index (χ3n) is 3.66. The van der Waals surface area contributed by atoms with Crippen molar-refractivity contribution in [2.75, 3.05) is 0 Å². The molecular weight excluding hydrogens is 294 g/mol. The normalized spacial score (nSPS) is 13.1. The monoisotopic (exact) mass is 311 g/mol. The van der Waals surface area contributed by atoms with Crippen molar-refractivity contribution in [1.29, 1.82) is 0 Å². The zero-order valence-electron chi connectivity index (χ0n) is 12.2. The van der Waals surface area contributed by atoms with Crippen molar-refractivity contribution in [3.8, 4) is 0 Å². The summed E-state index contributed by atoms with van der Waals surface area (Å²) in [5.74, 6) is 0. The molecule has 0 amide bonds. The molecule has 0 aliphatic rings. The van der Waals surface area contributed by atoms with Gasteiger partial charge in [-0.2, -0.15) is 0 Å². The van der Waals surface area contributed by atoms with E-state index in [4.69, 9.17) is 0 Å². The minimum absolute atomic E-state index is 0.280. The average molecular weight is 311 g/mol. The molecule has 112 valence electrons. The molecule has 0 saturated heterocycles. The molecule has 3 rings (SSSR count). The molecule has 0 radical (unpaired) electrons. The van der Waals surface area contributed by atoms with Gasteiger partial charge < -0.3 is 0 Å². The second-order valence-corrected chi connectivity index (χ2v) is 6.98. The highest BCUT2D eigenvalue weighted by molar-refractivity contribution is 7.89. The number of hydrogen-bond donors (Lipinski definition) is 1. The molecule has 3 aromatic carbocycles. The maximum atomic E-state index is 12.5. The van der Waals surface area contributed by atoms with Gasteiger partial charge >= 0.3 is 0 Å². The summed E-state index contributed by atoms with van der Waals surface area (Å²) in [4.78, 5) is 0.286. The van der Waals surface area contributed by atoms with Gasteiger partial charge in [-0.15, -0.1) is 0 Å². The smallest absolute Gasteiger partial charge is 0.207 e. The van der Waals surface area contributed by atoms with E-state index in [1.807, 2.05) is 67.6 Å². The molecule has 22 heavy (non-hydrogen) atoms. The molecular formula is C18H17NO2S. The molecule has 0 aromatic heterocycles. The first kappa shape index (κ1) is 14.8. The quantitative estimate of drug-likeness (QED) is 0.795. The summed E-state index contributed by atoms with van der Waals surface area (Å²) in [7, 11) is -3.55. The molecule has 0 fully saturated rings. The fraction of sp³-hybridized carbons (Fsp3) is 0.111. The summed E-state index contributed by atoms with van der Waals surface area (Å²) >= 11 is 0. The Morgan fingerprint density at radius 2 is 1.45 bits per heavy atom. The highest BCUT2D eigenvalue weighted by atomic mass is 32.2. The van der Waals surface area contributed by atoms with Crippen LogP contribution in [-0.4, -0.2) is 8.42 Å². The zero-order valence-corrected chi connectivity index (χ0v) is 13.0. The number of hydrogen-bond acceptors (Lipinski definition) is 2. The average Bonchev–Trinajstić information content (AvgIpc) is 2.55. The van der Waals surface area contributed by atoms with Gasteiger partial charge in [0.2, 0.25) is 10.0 Å². The second kappa shape index (κ2) is 5.91. The highest BCUT2D eigenvalue weighted by Gasteiger charge is 2.18.